The molecular formula is C14H18BrNO2. The molecule has 1 N–H and O–H groups in total. The lowest BCUT2D eigenvalue weighted by Gasteiger charge is -2.46. The molecule has 0 aliphatic carbocycles. The second-order valence-electron chi connectivity index (χ2n) is 5.47. The smallest absolute Gasteiger partial charge is 0.306 e. The van der Waals surface area contributed by atoms with Crippen LogP contribution in [-0.2, 0) is 4.79 Å². The molecule has 0 bridgehead atoms. The summed E-state index contributed by atoms with van der Waals surface area (Å²) in [6.45, 7) is 5.02. The summed E-state index contributed by atoms with van der Waals surface area (Å²) in [4.78, 5) is 13.4. The van der Waals surface area contributed by atoms with E-state index in [2.05, 4.69) is 46.8 Å². The molecule has 1 atom stereocenters. The van der Waals surface area contributed by atoms with Gasteiger partial charge in [0.2, 0.25) is 0 Å². The number of carbonyl (C=O) groups is 1. The van der Waals surface area contributed by atoms with E-state index in [4.69, 9.17) is 5.11 Å². The van der Waals surface area contributed by atoms with E-state index >= 15 is 0 Å². The summed E-state index contributed by atoms with van der Waals surface area (Å²) < 4.78 is 1.05. The van der Waals surface area contributed by atoms with E-state index in [1.807, 2.05) is 12.1 Å². The van der Waals surface area contributed by atoms with Crippen molar-refractivity contribution in [2.24, 2.45) is 5.92 Å². The van der Waals surface area contributed by atoms with Crippen LogP contribution in [0.15, 0.2) is 28.7 Å². The zero-order chi connectivity index (χ0) is 13.3. The van der Waals surface area contributed by atoms with Crippen LogP contribution in [0.25, 0.3) is 0 Å². The molecule has 3 nitrogen and oxygen atoms in total. The molecule has 1 aliphatic heterocycles. The minimum absolute atomic E-state index is 0.123. The summed E-state index contributed by atoms with van der Waals surface area (Å²) in [6, 6.07) is 8.18. The Hall–Kier alpha value is -1.03. The fourth-order valence-electron chi connectivity index (χ4n) is 2.74. The molecule has 1 aliphatic rings. The highest BCUT2D eigenvalue weighted by Crippen LogP contribution is 2.36. The Morgan fingerprint density at radius 3 is 2.78 bits per heavy atom. The third-order valence-corrected chi connectivity index (χ3v) is 4.14. The molecule has 1 saturated heterocycles. The molecular weight excluding hydrogens is 294 g/mol. The van der Waals surface area contributed by atoms with E-state index in [0.717, 1.165) is 16.7 Å². The molecule has 1 unspecified atom stereocenters. The Kier molecular flexibility index (Phi) is 3.66. The van der Waals surface area contributed by atoms with Crippen molar-refractivity contribution >= 4 is 27.6 Å². The van der Waals surface area contributed by atoms with Gasteiger partial charge in [0.1, 0.15) is 0 Å². The fraction of sp³-hybridized carbons (Fsp3) is 0.500. The summed E-state index contributed by atoms with van der Waals surface area (Å²) in [5.41, 5.74) is 1.03. The maximum Gasteiger partial charge on any atom is 0.306 e. The number of anilines is 1. The Labute approximate surface area is 116 Å². The molecule has 2 rings (SSSR count). The van der Waals surface area contributed by atoms with E-state index < -0.39 is 5.97 Å². The van der Waals surface area contributed by atoms with Crippen LogP contribution >= 0.6 is 15.9 Å². The second kappa shape index (κ2) is 4.92. The number of hydrogen-bond acceptors (Lipinski definition) is 2. The van der Waals surface area contributed by atoms with Gasteiger partial charge in [-0.25, -0.2) is 0 Å². The number of benzene rings is 1. The lowest BCUT2D eigenvalue weighted by atomic mass is 9.82. The first-order chi connectivity index (χ1) is 8.40. The molecule has 98 valence electrons. The second-order valence-corrected chi connectivity index (χ2v) is 6.39. The van der Waals surface area contributed by atoms with Crippen LogP contribution in [0.3, 0.4) is 0 Å². The van der Waals surface area contributed by atoms with Crippen LogP contribution in [0.1, 0.15) is 26.7 Å². The maximum absolute atomic E-state index is 11.1. The Balaban J connectivity index is 2.23. The van der Waals surface area contributed by atoms with Crippen LogP contribution in [0, 0.1) is 5.92 Å². The number of halogens is 1. The highest BCUT2D eigenvalue weighted by Gasteiger charge is 2.37. The number of nitrogens with zero attached hydrogens (tertiary/aromatic N) is 1. The van der Waals surface area contributed by atoms with Gasteiger partial charge in [-0.2, -0.15) is 0 Å². The van der Waals surface area contributed by atoms with Gasteiger partial charge in [0.05, 0.1) is 5.92 Å². The van der Waals surface area contributed by atoms with Crippen molar-refractivity contribution in [3.8, 4) is 0 Å². The first kappa shape index (κ1) is 13.4. The van der Waals surface area contributed by atoms with Crippen molar-refractivity contribution in [2.75, 3.05) is 11.4 Å². The van der Waals surface area contributed by atoms with Crippen LogP contribution in [0.2, 0.25) is 0 Å². The number of aliphatic carboxylic acids is 1. The van der Waals surface area contributed by atoms with Gasteiger partial charge in [0.25, 0.3) is 0 Å². The number of rotatable bonds is 2. The summed E-state index contributed by atoms with van der Waals surface area (Å²) in [5.74, 6) is -0.889. The van der Waals surface area contributed by atoms with Crippen molar-refractivity contribution in [3.05, 3.63) is 28.7 Å². The van der Waals surface area contributed by atoms with Gasteiger partial charge >= 0.3 is 5.97 Å². The number of carboxylic acids is 1. The van der Waals surface area contributed by atoms with Crippen LogP contribution < -0.4 is 4.90 Å². The van der Waals surface area contributed by atoms with Gasteiger partial charge in [-0.1, -0.05) is 22.0 Å². The minimum Gasteiger partial charge on any atom is -0.481 e. The Morgan fingerprint density at radius 2 is 2.22 bits per heavy atom. The third-order valence-electron chi connectivity index (χ3n) is 3.65. The molecule has 4 heteroatoms. The van der Waals surface area contributed by atoms with Crippen molar-refractivity contribution in [1.29, 1.82) is 0 Å². The van der Waals surface area contributed by atoms with Gasteiger partial charge in [-0.15, -0.1) is 0 Å². The minimum atomic E-state index is -0.669. The van der Waals surface area contributed by atoms with Gasteiger partial charge in [-0.3, -0.25) is 4.79 Å². The van der Waals surface area contributed by atoms with Gasteiger partial charge < -0.3 is 10.0 Å². The predicted octanol–water partition coefficient (Wildman–Crippen LogP) is 3.53. The molecule has 0 saturated carbocycles. The molecule has 0 spiro atoms. The highest BCUT2D eigenvalue weighted by atomic mass is 79.9. The average Bonchev–Trinajstić information content (AvgIpc) is 2.27. The Morgan fingerprint density at radius 1 is 1.50 bits per heavy atom. The predicted molar refractivity (Wildman–Crippen MR) is 75.9 cm³/mol. The molecule has 1 aromatic rings. The molecule has 1 fully saturated rings. The van der Waals surface area contributed by atoms with Gasteiger partial charge in [0.15, 0.2) is 0 Å². The van der Waals surface area contributed by atoms with Crippen LogP contribution in [-0.4, -0.2) is 23.2 Å². The largest absolute Gasteiger partial charge is 0.481 e. The van der Waals surface area contributed by atoms with Crippen molar-refractivity contribution in [1.82, 2.24) is 0 Å². The van der Waals surface area contributed by atoms with Crippen LogP contribution in [0.5, 0.6) is 0 Å². The molecule has 1 aromatic carbocycles. The summed E-state index contributed by atoms with van der Waals surface area (Å²) >= 11 is 3.48. The monoisotopic (exact) mass is 311 g/mol. The quantitative estimate of drug-likeness (QED) is 0.908. The lowest BCUT2D eigenvalue weighted by Crippen LogP contribution is -2.51. The summed E-state index contributed by atoms with van der Waals surface area (Å²) in [7, 11) is 0. The van der Waals surface area contributed by atoms with E-state index in [1.54, 1.807) is 0 Å². The zero-order valence-electron chi connectivity index (χ0n) is 10.7. The number of piperidine rings is 1. The van der Waals surface area contributed by atoms with Crippen molar-refractivity contribution in [3.63, 3.8) is 0 Å². The van der Waals surface area contributed by atoms with E-state index in [9.17, 15) is 4.79 Å². The molecule has 1 heterocycles. The highest BCUT2D eigenvalue weighted by molar-refractivity contribution is 9.10. The topological polar surface area (TPSA) is 40.5 Å². The van der Waals surface area contributed by atoms with Crippen molar-refractivity contribution in [2.45, 2.75) is 32.2 Å². The normalized spacial score (nSPS) is 22.8. The van der Waals surface area contributed by atoms with E-state index in [1.165, 1.54) is 0 Å². The SMILES string of the molecule is CC1(C)CC(C(=O)O)CCN1c1cccc(Br)c1. The average molecular weight is 312 g/mol. The standard InChI is InChI=1S/C14H18BrNO2/c1-14(2)9-10(13(17)18)6-7-16(14)12-5-3-4-11(15)8-12/h3-5,8,10H,6-7,9H2,1-2H3,(H,17,18). The molecule has 0 amide bonds. The third kappa shape index (κ3) is 2.69. The van der Waals surface area contributed by atoms with Crippen molar-refractivity contribution < 1.29 is 9.90 Å². The van der Waals surface area contributed by atoms with E-state index in [-0.39, 0.29) is 11.5 Å². The first-order valence-electron chi connectivity index (χ1n) is 6.16. The van der Waals surface area contributed by atoms with E-state index in [0.29, 0.717) is 12.8 Å². The summed E-state index contributed by atoms with van der Waals surface area (Å²) in [6.07, 6.45) is 1.40. The zero-order valence-corrected chi connectivity index (χ0v) is 12.3. The molecule has 18 heavy (non-hydrogen) atoms. The number of carboxylic acid groups (broad SMARTS) is 1. The number of hydrogen-bond donors (Lipinski definition) is 1. The first-order valence-corrected chi connectivity index (χ1v) is 6.95. The molecule has 0 aromatic heterocycles. The van der Waals surface area contributed by atoms with Gasteiger partial charge in [0, 0.05) is 22.2 Å². The van der Waals surface area contributed by atoms with Crippen LogP contribution in [0.4, 0.5) is 5.69 Å². The van der Waals surface area contributed by atoms with Gasteiger partial charge in [-0.05, 0) is 44.9 Å². The lowest BCUT2D eigenvalue weighted by molar-refractivity contribution is -0.143. The Bertz CT molecular complexity index is 459. The fourth-order valence-corrected chi connectivity index (χ4v) is 3.12. The molecule has 0 radical (unpaired) electrons. The summed E-state index contributed by atoms with van der Waals surface area (Å²) in [5, 5.41) is 9.15. The maximum atomic E-state index is 11.1.